The first-order valence-corrected chi connectivity index (χ1v) is 8.11. The van der Waals surface area contributed by atoms with Gasteiger partial charge in [0, 0.05) is 56.0 Å². The number of halogens is 4. The Morgan fingerprint density at radius 2 is 1.83 bits per heavy atom. The standard InChI is InChI=1S/C16H22ClFN2O.2ClH/c17-13-2-1-3-14(18)15(13)16(12-4-10-21-11-5-12)20-8-6-19-7-9-20;;/h1-3,12,16,19H,4-11H2;2*1H/t16-;;/m0../s1. The molecule has 0 unspecified atom stereocenters. The highest BCUT2D eigenvalue weighted by molar-refractivity contribution is 6.31. The Kier molecular flexibility index (Phi) is 9.12. The van der Waals surface area contributed by atoms with Crippen molar-refractivity contribution < 1.29 is 9.13 Å². The number of nitrogens with zero attached hydrogens (tertiary/aromatic N) is 1. The largest absolute Gasteiger partial charge is 0.381 e. The van der Waals surface area contributed by atoms with Gasteiger partial charge in [-0.1, -0.05) is 17.7 Å². The fourth-order valence-electron chi connectivity index (χ4n) is 3.50. The van der Waals surface area contributed by atoms with Gasteiger partial charge in [-0.2, -0.15) is 0 Å². The minimum atomic E-state index is -0.183. The molecule has 7 heteroatoms. The minimum absolute atomic E-state index is 0. The highest BCUT2D eigenvalue weighted by atomic mass is 35.5. The average molecular weight is 386 g/mol. The quantitative estimate of drug-likeness (QED) is 0.858. The number of nitrogens with one attached hydrogen (secondary N) is 1. The molecule has 0 amide bonds. The third kappa shape index (κ3) is 4.94. The van der Waals surface area contributed by atoms with E-state index >= 15 is 0 Å². The number of ether oxygens (including phenoxy) is 1. The smallest absolute Gasteiger partial charge is 0.129 e. The fraction of sp³-hybridized carbons (Fsp3) is 0.625. The first kappa shape index (κ1) is 20.9. The molecule has 3 rings (SSSR count). The van der Waals surface area contributed by atoms with Crippen LogP contribution < -0.4 is 5.32 Å². The van der Waals surface area contributed by atoms with E-state index in [4.69, 9.17) is 16.3 Å². The van der Waals surface area contributed by atoms with Gasteiger partial charge in [-0.05, 0) is 30.9 Å². The monoisotopic (exact) mass is 384 g/mol. The van der Waals surface area contributed by atoms with Crippen molar-refractivity contribution in [2.75, 3.05) is 39.4 Å². The van der Waals surface area contributed by atoms with E-state index in [1.807, 2.05) is 0 Å². The van der Waals surface area contributed by atoms with Gasteiger partial charge in [0.15, 0.2) is 0 Å². The van der Waals surface area contributed by atoms with Crippen molar-refractivity contribution in [1.29, 1.82) is 0 Å². The van der Waals surface area contributed by atoms with Crippen LogP contribution in [0.5, 0.6) is 0 Å². The molecule has 0 aliphatic carbocycles. The van der Waals surface area contributed by atoms with Gasteiger partial charge in [0.1, 0.15) is 5.82 Å². The van der Waals surface area contributed by atoms with Crippen LogP contribution in [0.25, 0.3) is 0 Å². The van der Waals surface area contributed by atoms with E-state index in [1.54, 1.807) is 12.1 Å². The van der Waals surface area contributed by atoms with Crippen LogP contribution in [0, 0.1) is 11.7 Å². The topological polar surface area (TPSA) is 24.5 Å². The lowest BCUT2D eigenvalue weighted by atomic mass is 9.85. The molecule has 2 heterocycles. The molecule has 1 aromatic carbocycles. The molecule has 2 fully saturated rings. The summed E-state index contributed by atoms with van der Waals surface area (Å²) in [6.45, 7) is 5.30. The number of benzene rings is 1. The van der Waals surface area contributed by atoms with Crippen molar-refractivity contribution in [3.63, 3.8) is 0 Å². The molecule has 0 bridgehead atoms. The van der Waals surface area contributed by atoms with Crippen LogP contribution >= 0.6 is 36.4 Å². The van der Waals surface area contributed by atoms with Crippen LogP contribution in [-0.4, -0.2) is 44.3 Å². The van der Waals surface area contributed by atoms with E-state index in [0.29, 0.717) is 16.5 Å². The Morgan fingerprint density at radius 3 is 2.43 bits per heavy atom. The summed E-state index contributed by atoms with van der Waals surface area (Å²) < 4.78 is 19.9. The molecule has 2 aliphatic heterocycles. The summed E-state index contributed by atoms with van der Waals surface area (Å²) in [6, 6.07) is 5.06. The van der Waals surface area contributed by atoms with Gasteiger partial charge < -0.3 is 10.1 Å². The zero-order valence-electron chi connectivity index (χ0n) is 13.0. The van der Waals surface area contributed by atoms with Crippen LogP contribution in [0.1, 0.15) is 24.4 Å². The van der Waals surface area contributed by atoms with E-state index in [1.165, 1.54) is 6.07 Å². The molecule has 0 radical (unpaired) electrons. The highest BCUT2D eigenvalue weighted by Gasteiger charge is 2.34. The lowest BCUT2D eigenvalue weighted by Crippen LogP contribution is -2.47. The lowest BCUT2D eigenvalue weighted by molar-refractivity contribution is 0.0203. The van der Waals surface area contributed by atoms with E-state index < -0.39 is 0 Å². The second-order valence-electron chi connectivity index (χ2n) is 5.82. The number of rotatable bonds is 3. The van der Waals surface area contributed by atoms with Gasteiger partial charge in [-0.25, -0.2) is 4.39 Å². The van der Waals surface area contributed by atoms with Gasteiger partial charge in [-0.3, -0.25) is 4.90 Å². The minimum Gasteiger partial charge on any atom is -0.381 e. The van der Waals surface area contributed by atoms with Crippen LogP contribution in [0.3, 0.4) is 0 Å². The summed E-state index contributed by atoms with van der Waals surface area (Å²) in [7, 11) is 0. The lowest BCUT2D eigenvalue weighted by Gasteiger charge is -2.41. The molecule has 0 spiro atoms. The molecule has 0 saturated carbocycles. The molecular weight excluding hydrogens is 362 g/mol. The van der Waals surface area contributed by atoms with Crippen molar-refractivity contribution in [3.8, 4) is 0 Å². The van der Waals surface area contributed by atoms with Crippen LogP contribution in [0.2, 0.25) is 5.02 Å². The van der Waals surface area contributed by atoms with Crippen LogP contribution in [0.4, 0.5) is 4.39 Å². The zero-order chi connectivity index (χ0) is 14.7. The highest BCUT2D eigenvalue weighted by Crippen LogP contribution is 2.39. The third-order valence-electron chi connectivity index (χ3n) is 4.55. The second kappa shape index (κ2) is 10.0. The molecule has 3 nitrogen and oxygen atoms in total. The van der Waals surface area contributed by atoms with Crippen molar-refractivity contribution in [1.82, 2.24) is 10.2 Å². The van der Waals surface area contributed by atoms with Crippen molar-refractivity contribution in [2.45, 2.75) is 18.9 Å². The zero-order valence-corrected chi connectivity index (χ0v) is 15.4. The molecule has 132 valence electrons. The maximum absolute atomic E-state index is 14.5. The van der Waals surface area contributed by atoms with Gasteiger partial charge in [-0.15, -0.1) is 24.8 Å². The van der Waals surface area contributed by atoms with E-state index in [9.17, 15) is 4.39 Å². The summed E-state index contributed by atoms with van der Waals surface area (Å²) in [5, 5.41) is 3.91. The van der Waals surface area contributed by atoms with E-state index in [-0.39, 0.29) is 36.7 Å². The Morgan fingerprint density at radius 1 is 1.17 bits per heavy atom. The fourth-order valence-corrected chi connectivity index (χ4v) is 3.78. The molecule has 2 aliphatic rings. The Hall–Kier alpha value is -0.100. The van der Waals surface area contributed by atoms with Gasteiger partial charge in [0.25, 0.3) is 0 Å². The Labute approximate surface area is 154 Å². The normalized spacial score (nSPS) is 21.1. The number of piperazine rings is 1. The first-order chi connectivity index (χ1) is 10.3. The third-order valence-corrected chi connectivity index (χ3v) is 4.88. The van der Waals surface area contributed by atoms with Gasteiger partial charge in [0.05, 0.1) is 0 Å². The molecular formula is C16H24Cl3FN2O. The maximum atomic E-state index is 14.5. The predicted octanol–water partition coefficient (Wildman–Crippen LogP) is 3.70. The molecule has 2 saturated heterocycles. The first-order valence-electron chi connectivity index (χ1n) is 7.74. The SMILES string of the molecule is Cl.Cl.Fc1cccc(Cl)c1[C@H](C1CCOCC1)N1CCNCC1. The van der Waals surface area contributed by atoms with Crippen molar-refractivity contribution in [3.05, 3.63) is 34.6 Å². The van der Waals surface area contributed by atoms with Crippen LogP contribution in [-0.2, 0) is 4.74 Å². The van der Waals surface area contributed by atoms with Gasteiger partial charge >= 0.3 is 0 Å². The number of hydrogen-bond acceptors (Lipinski definition) is 3. The summed E-state index contributed by atoms with van der Waals surface area (Å²) in [4.78, 5) is 2.39. The van der Waals surface area contributed by atoms with E-state index in [0.717, 1.165) is 52.2 Å². The number of hydrogen-bond donors (Lipinski definition) is 1. The second-order valence-corrected chi connectivity index (χ2v) is 6.22. The predicted molar refractivity (Wildman–Crippen MR) is 96.6 cm³/mol. The summed E-state index contributed by atoms with van der Waals surface area (Å²) >= 11 is 6.35. The van der Waals surface area contributed by atoms with Crippen molar-refractivity contribution >= 4 is 36.4 Å². The van der Waals surface area contributed by atoms with Crippen LogP contribution in [0.15, 0.2) is 18.2 Å². The molecule has 1 aromatic rings. The molecule has 1 N–H and O–H groups in total. The maximum Gasteiger partial charge on any atom is 0.129 e. The Bertz CT molecular complexity index is 442. The van der Waals surface area contributed by atoms with Gasteiger partial charge in [0.2, 0.25) is 0 Å². The average Bonchev–Trinajstić information content (AvgIpc) is 2.53. The van der Waals surface area contributed by atoms with E-state index in [2.05, 4.69) is 10.2 Å². The summed E-state index contributed by atoms with van der Waals surface area (Å²) in [6.07, 6.45) is 1.94. The molecule has 1 atom stereocenters. The van der Waals surface area contributed by atoms with Crippen molar-refractivity contribution in [2.24, 2.45) is 5.92 Å². The Balaban J connectivity index is 0.00000132. The molecule has 23 heavy (non-hydrogen) atoms. The summed E-state index contributed by atoms with van der Waals surface area (Å²) in [5.74, 6) is 0.226. The molecule has 0 aromatic heterocycles. The summed E-state index contributed by atoms with van der Waals surface area (Å²) in [5.41, 5.74) is 0.674.